The summed E-state index contributed by atoms with van der Waals surface area (Å²) in [7, 11) is 0. The molecule has 1 fully saturated rings. The molecule has 0 aliphatic carbocycles. The summed E-state index contributed by atoms with van der Waals surface area (Å²) < 4.78 is 26.3. The molecule has 1 saturated heterocycles. The molecule has 0 unspecified atom stereocenters. The van der Waals surface area contributed by atoms with Crippen molar-refractivity contribution in [1.82, 2.24) is 0 Å². The third-order valence-corrected chi connectivity index (χ3v) is 3.62. The van der Waals surface area contributed by atoms with Crippen LogP contribution in [0, 0.1) is 11.6 Å². The summed E-state index contributed by atoms with van der Waals surface area (Å²) in [5.41, 5.74) is 0.626. The molecule has 0 atom stereocenters. The maximum atomic E-state index is 13.5. The van der Waals surface area contributed by atoms with Gasteiger partial charge < -0.3 is 9.80 Å². The first-order chi connectivity index (χ1) is 8.19. The minimum Gasteiger partial charge on any atom is -0.326 e. The van der Waals surface area contributed by atoms with Crippen molar-refractivity contribution in [3.8, 4) is 0 Å². The molecule has 0 bridgehead atoms. The van der Waals surface area contributed by atoms with Crippen LogP contribution in [0.4, 0.5) is 8.78 Å². The van der Waals surface area contributed by atoms with Gasteiger partial charge in [0, 0.05) is 11.6 Å². The number of hydrogen-bond acceptors (Lipinski definition) is 0. The molecule has 2 nitrogen and oxygen atoms in total. The summed E-state index contributed by atoms with van der Waals surface area (Å²) in [6, 6.07) is 3.88. The van der Waals surface area contributed by atoms with E-state index in [2.05, 4.69) is 6.92 Å². The zero-order chi connectivity index (χ0) is 12.3. The first-order valence-electron chi connectivity index (χ1n) is 6.30. The molecule has 1 heterocycles. The van der Waals surface area contributed by atoms with Crippen LogP contribution in [0.5, 0.6) is 0 Å². The van der Waals surface area contributed by atoms with E-state index in [9.17, 15) is 8.78 Å². The molecular weight excluding hydrogens is 222 g/mol. The molecule has 0 saturated carbocycles. The molecule has 0 spiro atoms. The number of rotatable bonds is 3. The van der Waals surface area contributed by atoms with Gasteiger partial charge in [-0.3, -0.25) is 0 Å². The lowest BCUT2D eigenvalue weighted by Gasteiger charge is -2.29. The predicted molar refractivity (Wildman–Crippen MR) is 62.0 cm³/mol. The van der Waals surface area contributed by atoms with Gasteiger partial charge in [0.1, 0.15) is 44.4 Å². The van der Waals surface area contributed by atoms with Crippen molar-refractivity contribution in [1.29, 1.82) is 0 Å². The van der Waals surface area contributed by atoms with Crippen LogP contribution >= 0.6 is 0 Å². The third-order valence-electron chi connectivity index (χ3n) is 3.62. The zero-order valence-electron chi connectivity index (χ0n) is 10.2. The van der Waals surface area contributed by atoms with Crippen LogP contribution in [0.3, 0.4) is 0 Å². The van der Waals surface area contributed by atoms with Crippen molar-refractivity contribution in [3.05, 3.63) is 35.4 Å². The summed E-state index contributed by atoms with van der Waals surface area (Å²) >= 11 is 0. The van der Waals surface area contributed by atoms with Crippen molar-refractivity contribution in [2.24, 2.45) is 0 Å². The van der Waals surface area contributed by atoms with Crippen LogP contribution in [-0.4, -0.2) is 32.7 Å². The Hall–Kier alpha value is -1.00. The van der Waals surface area contributed by atoms with Gasteiger partial charge in [-0.25, -0.2) is 8.78 Å². The van der Waals surface area contributed by atoms with Crippen LogP contribution in [0.2, 0.25) is 0 Å². The SMILES string of the molecule is CC[NH+]1CC[NH+](Cc2ccc(F)cc2F)CC1. The first kappa shape index (κ1) is 12.5. The van der Waals surface area contributed by atoms with Crippen LogP contribution in [0.15, 0.2) is 18.2 Å². The Bertz CT molecular complexity index is 374. The number of benzene rings is 1. The van der Waals surface area contributed by atoms with Gasteiger partial charge in [0.25, 0.3) is 0 Å². The minimum absolute atomic E-state index is 0.414. The lowest BCUT2D eigenvalue weighted by Crippen LogP contribution is -3.27. The van der Waals surface area contributed by atoms with Crippen molar-refractivity contribution in [2.75, 3.05) is 32.7 Å². The van der Waals surface area contributed by atoms with Gasteiger partial charge in [-0.2, -0.15) is 0 Å². The number of likely N-dealkylation sites (N-methyl/N-ethyl adjacent to an activating group) is 1. The molecule has 0 aromatic heterocycles. The molecule has 1 aliphatic heterocycles. The highest BCUT2D eigenvalue weighted by atomic mass is 19.1. The average molecular weight is 242 g/mol. The predicted octanol–water partition coefficient (Wildman–Crippen LogP) is -0.732. The zero-order valence-corrected chi connectivity index (χ0v) is 10.2. The van der Waals surface area contributed by atoms with Gasteiger partial charge in [0.15, 0.2) is 0 Å². The Labute approximate surface area is 101 Å². The number of halogens is 2. The number of piperazine rings is 1. The van der Waals surface area contributed by atoms with E-state index in [4.69, 9.17) is 0 Å². The van der Waals surface area contributed by atoms with E-state index in [1.165, 1.54) is 11.0 Å². The van der Waals surface area contributed by atoms with Crippen LogP contribution in [0.1, 0.15) is 12.5 Å². The molecule has 17 heavy (non-hydrogen) atoms. The topological polar surface area (TPSA) is 8.88 Å². The Morgan fingerprint density at radius 1 is 1.06 bits per heavy atom. The van der Waals surface area contributed by atoms with E-state index in [0.717, 1.165) is 38.8 Å². The lowest BCUT2D eigenvalue weighted by atomic mass is 10.2. The maximum Gasteiger partial charge on any atom is 0.134 e. The van der Waals surface area contributed by atoms with Crippen molar-refractivity contribution in [2.45, 2.75) is 13.5 Å². The third kappa shape index (κ3) is 3.23. The van der Waals surface area contributed by atoms with Crippen molar-refractivity contribution < 1.29 is 18.6 Å². The summed E-state index contributed by atoms with van der Waals surface area (Å²) in [6.45, 7) is 8.46. The van der Waals surface area contributed by atoms with E-state index < -0.39 is 11.6 Å². The maximum absolute atomic E-state index is 13.5. The van der Waals surface area contributed by atoms with E-state index >= 15 is 0 Å². The second kappa shape index (κ2) is 5.56. The number of nitrogens with one attached hydrogen (secondary N) is 2. The van der Waals surface area contributed by atoms with E-state index in [1.807, 2.05) is 0 Å². The molecule has 4 heteroatoms. The molecule has 0 amide bonds. The second-order valence-electron chi connectivity index (χ2n) is 4.77. The van der Waals surface area contributed by atoms with Gasteiger partial charge in [-0.15, -0.1) is 0 Å². The fourth-order valence-electron chi connectivity index (χ4n) is 2.42. The smallest absolute Gasteiger partial charge is 0.134 e. The quantitative estimate of drug-likeness (QED) is 0.691. The molecule has 1 aromatic rings. The summed E-state index contributed by atoms with van der Waals surface area (Å²) in [5, 5.41) is 0. The largest absolute Gasteiger partial charge is 0.326 e. The second-order valence-corrected chi connectivity index (χ2v) is 4.77. The Morgan fingerprint density at radius 3 is 2.29 bits per heavy atom. The summed E-state index contributed by atoms with van der Waals surface area (Å²) in [4.78, 5) is 3.01. The lowest BCUT2D eigenvalue weighted by molar-refractivity contribution is -1.02. The van der Waals surface area contributed by atoms with E-state index in [0.29, 0.717) is 12.1 Å². The molecule has 0 radical (unpaired) electrons. The van der Waals surface area contributed by atoms with Crippen LogP contribution in [-0.2, 0) is 6.54 Å². The van der Waals surface area contributed by atoms with Gasteiger partial charge in [-0.05, 0) is 19.1 Å². The molecule has 2 N–H and O–H groups in total. The Morgan fingerprint density at radius 2 is 1.71 bits per heavy atom. The Kier molecular flexibility index (Phi) is 4.07. The minimum atomic E-state index is -0.499. The monoisotopic (exact) mass is 242 g/mol. The van der Waals surface area contributed by atoms with Crippen LogP contribution < -0.4 is 9.80 Å². The fraction of sp³-hybridized carbons (Fsp3) is 0.538. The highest BCUT2D eigenvalue weighted by molar-refractivity contribution is 5.17. The molecule has 2 rings (SSSR count). The average Bonchev–Trinajstić information content (AvgIpc) is 2.34. The van der Waals surface area contributed by atoms with Crippen LogP contribution in [0.25, 0.3) is 0 Å². The summed E-state index contributed by atoms with van der Waals surface area (Å²) in [5.74, 6) is -0.913. The standard InChI is InChI=1S/C13H18F2N2/c1-2-16-5-7-17(8-6-16)10-11-3-4-12(14)9-13(11)15/h3-4,9H,2,5-8,10H2,1H3/p+2. The van der Waals surface area contributed by atoms with E-state index in [-0.39, 0.29) is 0 Å². The number of quaternary nitrogens is 2. The number of hydrogen-bond donors (Lipinski definition) is 2. The van der Waals surface area contributed by atoms with Crippen molar-refractivity contribution >= 4 is 0 Å². The molecule has 1 aliphatic rings. The fourth-order valence-corrected chi connectivity index (χ4v) is 2.42. The molecular formula is C13H20F2N2+2. The Balaban J connectivity index is 1.93. The van der Waals surface area contributed by atoms with E-state index in [1.54, 1.807) is 11.0 Å². The normalized spacial score (nSPS) is 24.9. The highest BCUT2D eigenvalue weighted by Crippen LogP contribution is 2.07. The van der Waals surface area contributed by atoms with Gasteiger partial charge >= 0.3 is 0 Å². The molecule has 1 aromatic carbocycles. The van der Waals surface area contributed by atoms with Gasteiger partial charge in [-0.1, -0.05) is 0 Å². The van der Waals surface area contributed by atoms with Crippen molar-refractivity contribution in [3.63, 3.8) is 0 Å². The highest BCUT2D eigenvalue weighted by Gasteiger charge is 2.22. The molecule has 94 valence electrons. The summed E-state index contributed by atoms with van der Waals surface area (Å²) in [6.07, 6.45) is 0. The van der Waals surface area contributed by atoms with Gasteiger partial charge in [0.05, 0.1) is 6.54 Å². The first-order valence-corrected chi connectivity index (χ1v) is 6.30. The van der Waals surface area contributed by atoms with Gasteiger partial charge in [0.2, 0.25) is 0 Å².